The van der Waals surface area contributed by atoms with E-state index in [1.54, 1.807) is 13.2 Å². The minimum Gasteiger partial charge on any atom is -0.383 e. The Kier molecular flexibility index (Phi) is 5.80. The molecule has 0 radical (unpaired) electrons. The number of carbonyl (C=O) groups excluding carboxylic acids is 1. The molecule has 0 spiro atoms. The van der Waals surface area contributed by atoms with Crippen LogP contribution in [0.4, 0.5) is 5.69 Å². The predicted octanol–water partition coefficient (Wildman–Crippen LogP) is 1.82. The van der Waals surface area contributed by atoms with Crippen molar-refractivity contribution in [1.82, 2.24) is 5.32 Å². The summed E-state index contributed by atoms with van der Waals surface area (Å²) in [5, 5.41) is 6.48. The fourth-order valence-electron chi connectivity index (χ4n) is 1.36. The first-order valence-electron chi connectivity index (χ1n) is 5.39. The molecule has 0 atom stereocenters. The van der Waals surface area contributed by atoms with E-state index >= 15 is 0 Å². The number of carbonyl (C=O) groups is 1. The van der Waals surface area contributed by atoms with Crippen LogP contribution in [0.15, 0.2) is 18.2 Å². The molecule has 0 fully saturated rings. The van der Waals surface area contributed by atoms with Crippen LogP contribution in [0.25, 0.3) is 0 Å². The molecule has 0 aliphatic carbocycles. The number of hydrogen-bond donors (Lipinski definition) is 2. The molecule has 1 aromatic rings. The first-order valence-corrected chi connectivity index (χ1v) is 5.77. The highest BCUT2D eigenvalue weighted by molar-refractivity contribution is 6.30. The van der Waals surface area contributed by atoms with E-state index < -0.39 is 0 Å². The fourth-order valence-corrected chi connectivity index (χ4v) is 1.58. The molecule has 0 bridgehead atoms. The summed E-state index contributed by atoms with van der Waals surface area (Å²) < 4.78 is 4.84. The molecular formula is C12H17ClN2O2. The second kappa shape index (κ2) is 7.14. The number of methoxy groups -OCH3 is 1. The van der Waals surface area contributed by atoms with Gasteiger partial charge in [0.2, 0.25) is 5.91 Å². The Morgan fingerprint density at radius 1 is 1.47 bits per heavy atom. The quantitative estimate of drug-likeness (QED) is 0.764. The molecule has 0 aromatic heterocycles. The Hall–Kier alpha value is -1.26. The van der Waals surface area contributed by atoms with Crippen molar-refractivity contribution in [2.75, 3.05) is 32.1 Å². The normalized spacial score (nSPS) is 10.1. The van der Waals surface area contributed by atoms with Crippen LogP contribution in [-0.2, 0) is 9.53 Å². The first kappa shape index (κ1) is 13.8. The molecule has 4 nitrogen and oxygen atoms in total. The highest BCUT2D eigenvalue weighted by atomic mass is 35.5. The minimum atomic E-state index is -0.0589. The minimum absolute atomic E-state index is 0.0589. The maximum absolute atomic E-state index is 11.4. The van der Waals surface area contributed by atoms with Crippen LogP contribution in [0.5, 0.6) is 0 Å². The number of hydrogen-bond acceptors (Lipinski definition) is 3. The average Bonchev–Trinajstić information content (AvgIpc) is 2.28. The summed E-state index contributed by atoms with van der Waals surface area (Å²) >= 11 is 5.84. The molecule has 2 N–H and O–H groups in total. The van der Waals surface area contributed by atoms with Gasteiger partial charge in [0, 0.05) is 24.4 Å². The molecule has 17 heavy (non-hydrogen) atoms. The number of rotatable bonds is 6. The number of anilines is 1. The third-order valence-corrected chi connectivity index (χ3v) is 2.49. The van der Waals surface area contributed by atoms with E-state index in [-0.39, 0.29) is 12.5 Å². The van der Waals surface area contributed by atoms with Crippen LogP contribution in [0.1, 0.15) is 5.56 Å². The lowest BCUT2D eigenvalue weighted by atomic mass is 10.2. The van der Waals surface area contributed by atoms with E-state index in [1.165, 1.54) is 0 Å². The summed E-state index contributed by atoms with van der Waals surface area (Å²) in [6, 6.07) is 5.51. The number of aryl methyl sites for hydroxylation is 1. The standard InChI is InChI=1S/C12H17ClN2O2/c1-9-7-10(13)3-4-11(9)15-8-12(16)14-5-6-17-2/h3-4,7,15H,5-6,8H2,1-2H3,(H,14,16). The van der Waals surface area contributed by atoms with Crippen LogP contribution < -0.4 is 10.6 Å². The molecule has 0 saturated heterocycles. The fraction of sp³-hybridized carbons (Fsp3) is 0.417. The molecule has 5 heteroatoms. The maximum atomic E-state index is 11.4. The SMILES string of the molecule is COCCNC(=O)CNc1ccc(Cl)cc1C. The summed E-state index contributed by atoms with van der Waals surface area (Å²) in [5.74, 6) is -0.0589. The summed E-state index contributed by atoms with van der Waals surface area (Å²) in [6.45, 7) is 3.23. The second-order valence-corrected chi connectivity index (χ2v) is 4.09. The molecule has 94 valence electrons. The average molecular weight is 257 g/mol. The number of nitrogens with one attached hydrogen (secondary N) is 2. The number of benzene rings is 1. The summed E-state index contributed by atoms with van der Waals surface area (Å²) in [4.78, 5) is 11.4. The van der Waals surface area contributed by atoms with Crippen molar-refractivity contribution in [2.24, 2.45) is 0 Å². The third kappa shape index (κ3) is 5.06. The number of halogens is 1. The zero-order valence-corrected chi connectivity index (χ0v) is 10.8. The van der Waals surface area contributed by atoms with Crippen molar-refractivity contribution in [3.05, 3.63) is 28.8 Å². The zero-order chi connectivity index (χ0) is 12.7. The Morgan fingerprint density at radius 2 is 2.24 bits per heavy atom. The summed E-state index contributed by atoms with van der Waals surface area (Å²) in [7, 11) is 1.60. The smallest absolute Gasteiger partial charge is 0.239 e. The van der Waals surface area contributed by atoms with Crippen molar-refractivity contribution >= 4 is 23.2 Å². The van der Waals surface area contributed by atoms with Gasteiger partial charge in [-0.1, -0.05) is 11.6 Å². The third-order valence-electron chi connectivity index (χ3n) is 2.26. The highest BCUT2D eigenvalue weighted by Crippen LogP contribution is 2.19. The monoisotopic (exact) mass is 256 g/mol. The lowest BCUT2D eigenvalue weighted by molar-refractivity contribution is -0.119. The molecule has 1 amide bonds. The van der Waals surface area contributed by atoms with Gasteiger partial charge in [-0.3, -0.25) is 4.79 Å². The maximum Gasteiger partial charge on any atom is 0.239 e. The lowest BCUT2D eigenvalue weighted by Crippen LogP contribution is -2.32. The Morgan fingerprint density at radius 3 is 2.88 bits per heavy atom. The lowest BCUT2D eigenvalue weighted by Gasteiger charge is -2.10. The van der Waals surface area contributed by atoms with Crippen LogP contribution >= 0.6 is 11.6 Å². The van der Waals surface area contributed by atoms with Gasteiger partial charge in [-0.15, -0.1) is 0 Å². The molecular weight excluding hydrogens is 240 g/mol. The van der Waals surface area contributed by atoms with Gasteiger partial charge in [0.05, 0.1) is 13.2 Å². The van der Waals surface area contributed by atoms with Gasteiger partial charge in [0.15, 0.2) is 0 Å². The Balaban J connectivity index is 2.37. The van der Waals surface area contributed by atoms with E-state index in [9.17, 15) is 4.79 Å². The zero-order valence-electron chi connectivity index (χ0n) is 10.0. The summed E-state index contributed by atoms with van der Waals surface area (Å²) in [5.41, 5.74) is 1.93. The van der Waals surface area contributed by atoms with Gasteiger partial charge < -0.3 is 15.4 Å². The summed E-state index contributed by atoms with van der Waals surface area (Å²) in [6.07, 6.45) is 0. The van der Waals surface area contributed by atoms with Gasteiger partial charge >= 0.3 is 0 Å². The number of amides is 1. The largest absolute Gasteiger partial charge is 0.383 e. The van der Waals surface area contributed by atoms with E-state index in [0.717, 1.165) is 11.3 Å². The topological polar surface area (TPSA) is 50.4 Å². The van der Waals surface area contributed by atoms with Gasteiger partial charge in [-0.25, -0.2) is 0 Å². The Bertz CT molecular complexity index is 383. The number of ether oxygens (including phenoxy) is 1. The molecule has 1 rings (SSSR count). The first-order chi connectivity index (χ1) is 8.13. The van der Waals surface area contributed by atoms with Gasteiger partial charge in [-0.2, -0.15) is 0 Å². The molecule has 0 unspecified atom stereocenters. The second-order valence-electron chi connectivity index (χ2n) is 3.66. The van der Waals surface area contributed by atoms with E-state index in [1.807, 2.05) is 19.1 Å². The van der Waals surface area contributed by atoms with Crippen LogP contribution in [-0.4, -0.2) is 32.7 Å². The van der Waals surface area contributed by atoms with Crippen LogP contribution in [0.3, 0.4) is 0 Å². The molecule has 0 aliphatic rings. The predicted molar refractivity (Wildman–Crippen MR) is 69.6 cm³/mol. The van der Waals surface area contributed by atoms with Crippen molar-refractivity contribution in [3.63, 3.8) is 0 Å². The molecule has 0 aliphatic heterocycles. The van der Waals surface area contributed by atoms with Gasteiger partial charge in [0.25, 0.3) is 0 Å². The van der Waals surface area contributed by atoms with Crippen molar-refractivity contribution < 1.29 is 9.53 Å². The van der Waals surface area contributed by atoms with Crippen LogP contribution in [0, 0.1) is 6.92 Å². The van der Waals surface area contributed by atoms with Crippen molar-refractivity contribution in [3.8, 4) is 0 Å². The van der Waals surface area contributed by atoms with E-state index in [2.05, 4.69) is 10.6 Å². The molecule has 0 saturated carbocycles. The molecule has 1 aromatic carbocycles. The van der Waals surface area contributed by atoms with E-state index in [4.69, 9.17) is 16.3 Å². The van der Waals surface area contributed by atoms with Crippen molar-refractivity contribution in [1.29, 1.82) is 0 Å². The van der Waals surface area contributed by atoms with Gasteiger partial charge in [0.1, 0.15) is 0 Å². The highest BCUT2D eigenvalue weighted by Gasteiger charge is 2.02. The molecule has 0 heterocycles. The van der Waals surface area contributed by atoms with Crippen molar-refractivity contribution in [2.45, 2.75) is 6.92 Å². The van der Waals surface area contributed by atoms with E-state index in [0.29, 0.717) is 18.2 Å². The van der Waals surface area contributed by atoms with Gasteiger partial charge in [-0.05, 0) is 30.7 Å². The Labute approximate surface area is 106 Å². The van der Waals surface area contributed by atoms with Crippen LogP contribution in [0.2, 0.25) is 5.02 Å².